The first kappa shape index (κ1) is 23.9. The first-order valence-electron chi connectivity index (χ1n) is 11.2. The second kappa shape index (κ2) is 9.93. The molecule has 7 heteroatoms. The molecule has 1 N–H and O–H groups in total. The highest BCUT2D eigenvalue weighted by molar-refractivity contribution is 6.51. The summed E-state index contributed by atoms with van der Waals surface area (Å²) in [4.78, 5) is 28.3. The largest absolute Gasteiger partial charge is 0.507 e. The molecular weight excluding hydrogens is 446 g/mol. The van der Waals surface area contributed by atoms with Crippen LogP contribution in [0.1, 0.15) is 29.7 Å². The van der Waals surface area contributed by atoms with Gasteiger partial charge in [-0.2, -0.15) is 0 Å². The van der Waals surface area contributed by atoms with E-state index in [1.165, 1.54) is 19.1 Å². The lowest BCUT2D eigenvalue weighted by Gasteiger charge is -2.27. The van der Waals surface area contributed by atoms with E-state index in [0.29, 0.717) is 35.1 Å². The maximum Gasteiger partial charge on any atom is 0.300 e. The number of rotatable bonds is 7. The van der Waals surface area contributed by atoms with E-state index in [0.717, 1.165) is 5.56 Å². The Kier molecular flexibility index (Phi) is 6.78. The number of para-hydroxylation sites is 1. The lowest BCUT2D eigenvalue weighted by molar-refractivity contribution is -0.132. The molecule has 3 aromatic carbocycles. The van der Waals surface area contributed by atoms with Crippen LogP contribution in [0.15, 0.2) is 72.3 Å². The van der Waals surface area contributed by atoms with Gasteiger partial charge in [0.2, 0.25) is 0 Å². The summed E-state index contributed by atoms with van der Waals surface area (Å²) in [6.07, 6.45) is 0. The Hall–Kier alpha value is -4.26. The summed E-state index contributed by atoms with van der Waals surface area (Å²) in [7, 11) is 2.98. The summed E-state index contributed by atoms with van der Waals surface area (Å²) in [6.45, 7) is 4.21. The van der Waals surface area contributed by atoms with Crippen molar-refractivity contribution in [3.05, 3.63) is 89.0 Å². The number of nitrogens with zero attached hydrogens (tertiary/aromatic N) is 1. The highest BCUT2D eigenvalue weighted by atomic mass is 16.5. The van der Waals surface area contributed by atoms with Gasteiger partial charge in [0.25, 0.3) is 11.7 Å². The molecule has 3 aromatic rings. The van der Waals surface area contributed by atoms with Crippen molar-refractivity contribution in [1.82, 2.24) is 0 Å². The van der Waals surface area contributed by atoms with Crippen molar-refractivity contribution in [3.63, 3.8) is 0 Å². The van der Waals surface area contributed by atoms with Gasteiger partial charge in [-0.05, 0) is 55.3 Å². The minimum absolute atomic E-state index is 0.0321. The Bertz CT molecular complexity index is 1310. The second-order valence-corrected chi connectivity index (χ2v) is 8.03. The van der Waals surface area contributed by atoms with Gasteiger partial charge in [0.05, 0.1) is 38.0 Å². The molecule has 180 valence electrons. The molecule has 35 heavy (non-hydrogen) atoms. The molecule has 0 aliphatic carbocycles. The van der Waals surface area contributed by atoms with Crippen LogP contribution in [0.5, 0.6) is 17.2 Å². The van der Waals surface area contributed by atoms with Crippen molar-refractivity contribution in [2.45, 2.75) is 19.9 Å². The zero-order chi connectivity index (χ0) is 25.1. The summed E-state index contributed by atoms with van der Waals surface area (Å²) in [5, 5.41) is 11.5. The predicted molar refractivity (Wildman–Crippen MR) is 133 cm³/mol. The maximum atomic E-state index is 13.4. The van der Waals surface area contributed by atoms with Crippen LogP contribution in [0.2, 0.25) is 0 Å². The Balaban J connectivity index is 1.98. The smallest absolute Gasteiger partial charge is 0.300 e. The van der Waals surface area contributed by atoms with E-state index in [1.807, 2.05) is 38.1 Å². The van der Waals surface area contributed by atoms with E-state index in [1.54, 1.807) is 42.5 Å². The highest BCUT2D eigenvalue weighted by Crippen LogP contribution is 2.44. The van der Waals surface area contributed by atoms with Gasteiger partial charge in [0, 0.05) is 11.8 Å². The van der Waals surface area contributed by atoms with Crippen LogP contribution < -0.4 is 19.1 Å². The molecule has 1 atom stereocenters. The number of ether oxygens (including phenoxy) is 3. The van der Waals surface area contributed by atoms with Crippen LogP contribution >= 0.6 is 0 Å². The van der Waals surface area contributed by atoms with Gasteiger partial charge < -0.3 is 19.3 Å². The van der Waals surface area contributed by atoms with Crippen molar-refractivity contribution in [3.8, 4) is 17.2 Å². The first-order chi connectivity index (χ1) is 16.9. The lowest BCUT2D eigenvalue weighted by Crippen LogP contribution is -2.30. The quantitative estimate of drug-likeness (QED) is 0.294. The SMILES string of the molecule is CCOc1cccc(C2/C(=C(\O)c3ccc(OC)cc3OC)C(=O)C(=O)N2c2ccccc2C)c1. The molecule has 0 radical (unpaired) electrons. The Morgan fingerprint density at radius 3 is 2.40 bits per heavy atom. The molecule has 4 rings (SSSR count). The summed E-state index contributed by atoms with van der Waals surface area (Å²) in [5.74, 6) is -0.394. The molecule has 1 heterocycles. The Labute approximate surface area is 204 Å². The van der Waals surface area contributed by atoms with E-state index >= 15 is 0 Å². The van der Waals surface area contributed by atoms with Gasteiger partial charge >= 0.3 is 0 Å². The van der Waals surface area contributed by atoms with Gasteiger partial charge in [-0.15, -0.1) is 0 Å². The zero-order valence-corrected chi connectivity index (χ0v) is 20.1. The third-order valence-electron chi connectivity index (χ3n) is 5.97. The van der Waals surface area contributed by atoms with Gasteiger partial charge in [-0.1, -0.05) is 30.3 Å². The topological polar surface area (TPSA) is 85.3 Å². The van der Waals surface area contributed by atoms with E-state index in [4.69, 9.17) is 14.2 Å². The molecule has 1 unspecified atom stereocenters. The number of hydrogen-bond donors (Lipinski definition) is 1. The molecule has 0 bridgehead atoms. The molecule has 1 amide bonds. The number of anilines is 1. The van der Waals surface area contributed by atoms with Gasteiger partial charge in [-0.3, -0.25) is 14.5 Å². The van der Waals surface area contributed by atoms with Gasteiger partial charge in [-0.25, -0.2) is 0 Å². The van der Waals surface area contributed by atoms with Crippen LogP contribution in [0, 0.1) is 6.92 Å². The zero-order valence-electron chi connectivity index (χ0n) is 20.1. The summed E-state index contributed by atoms with van der Waals surface area (Å²) >= 11 is 0. The molecule has 7 nitrogen and oxygen atoms in total. The fourth-order valence-corrected chi connectivity index (χ4v) is 4.31. The third kappa shape index (κ3) is 4.33. The fraction of sp³-hybridized carbons (Fsp3) is 0.214. The van der Waals surface area contributed by atoms with Crippen LogP contribution in [0.4, 0.5) is 5.69 Å². The fourth-order valence-electron chi connectivity index (χ4n) is 4.31. The number of carbonyl (C=O) groups is 2. The summed E-state index contributed by atoms with van der Waals surface area (Å²) in [6, 6.07) is 18.5. The highest BCUT2D eigenvalue weighted by Gasteiger charge is 2.47. The van der Waals surface area contributed by atoms with Crippen molar-refractivity contribution in [1.29, 1.82) is 0 Å². The van der Waals surface area contributed by atoms with Crippen LogP contribution in [-0.2, 0) is 9.59 Å². The average molecular weight is 474 g/mol. The van der Waals surface area contributed by atoms with E-state index in [2.05, 4.69) is 0 Å². The minimum Gasteiger partial charge on any atom is -0.507 e. The standard InChI is InChI=1S/C28H27NO6/c1-5-35-20-11-8-10-18(15-20)25-24(26(30)21-14-13-19(33-3)16-23(21)34-4)27(31)28(32)29(25)22-12-7-6-9-17(22)2/h6-16,25,30H,5H2,1-4H3/b26-24+. The molecule has 0 aromatic heterocycles. The third-order valence-corrected chi connectivity index (χ3v) is 5.97. The first-order valence-corrected chi connectivity index (χ1v) is 11.2. The number of aliphatic hydroxyl groups is 1. The monoisotopic (exact) mass is 473 g/mol. The molecule has 1 saturated heterocycles. The molecule has 0 spiro atoms. The maximum absolute atomic E-state index is 13.4. The second-order valence-electron chi connectivity index (χ2n) is 8.03. The van der Waals surface area contributed by atoms with Gasteiger partial charge in [0.15, 0.2) is 0 Å². The lowest BCUT2D eigenvalue weighted by atomic mass is 9.94. The summed E-state index contributed by atoms with van der Waals surface area (Å²) < 4.78 is 16.4. The number of Topliss-reactive ketones (excluding diaryl/α,β-unsaturated/α-hetero) is 1. The van der Waals surface area contributed by atoms with E-state index < -0.39 is 17.7 Å². The number of carbonyl (C=O) groups excluding carboxylic acids is 2. The predicted octanol–water partition coefficient (Wildman–Crippen LogP) is 5.04. The van der Waals surface area contributed by atoms with Crippen molar-refractivity contribution >= 4 is 23.1 Å². The number of aliphatic hydroxyl groups excluding tert-OH is 1. The van der Waals surface area contributed by atoms with Crippen molar-refractivity contribution < 1.29 is 28.9 Å². The number of benzene rings is 3. The number of methoxy groups -OCH3 is 2. The normalized spacial score (nSPS) is 16.9. The number of hydrogen-bond acceptors (Lipinski definition) is 6. The average Bonchev–Trinajstić information content (AvgIpc) is 3.14. The molecule has 0 saturated carbocycles. The molecule has 1 aliphatic heterocycles. The van der Waals surface area contributed by atoms with E-state index in [9.17, 15) is 14.7 Å². The van der Waals surface area contributed by atoms with Gasteiger partial charge in [0.1, 0.15) is 23.0 Å². The Morgan fingerprint density at radius 1 is 0.943 bits per heavy atom. The van der Waals surface area contributed by atoms with E-state index in [-0.39, 0.29) is 16.9 Å². The minimum atomic E-state index is -0.872. The van der Waals surface area contributed by atoms with Crippen LogP contribution in [-0.4, -0.2) is 37.6 Å². The number of aryl methyl sites for hydroxylation is 1. The molecular formula is C28H27NO6. The van der Waals surface area contributed by atoms with Crippen molar-refractivity contribution in [2.24, 2.45) is 0 Å². The van der Waals surface area contributed by atoms with Crippen molar-refractivity contribution in [2.75, 3.05) is 25.7 Å². The molecule has 1 aliphatic rings. The van der Waals surface area contributed by atoms with Crippen LogP contribution in [0.3, 0.4) is 0 Å². The molecule has 1 fully saturated rings. The summed E-state index contributed by atoms with van der Waals surface area (Å²) in [5.41, 5.74) is 2.29. The number of ketones is 1. The number of amides is 1. The van der Waals surface area contributed by atoms with Crippen LogP contribution in [0.25, 0.3) is 5.76 Å². The Morgan fingerprint density at radius 2 is 1.71 bits per heavy atom.